The van der Waals surface area contributed by atoms with Crippen LogP contribution in [-0.2, 0) is 11.3 Å². The number of hydrogen-bond donors (Lipinski definition) is 2. The molecule has 0 saturated carbocycles. The molecule has 0 aromatic carbocycles. The van der Waals surface area contributed by atoms with Gasteiger partial charge in [-0.2, -0.15) is 0 Å². The molecule has 14 heavy (non-hydrogen) atoms. The van der Waals surface area contributed by atoms with Crippen molar-refractivity contribution in [1.29, 1.82) is 0 Å². The van der Waals surface area contributed by atoms with E-state index in [1.165, 1.54) is 0 Å². The van der Waals surface area contributed by atoms with Crippen LogP contribution in [0.1, 0.15) is 12.7 Å². The summed E-state index contributed by atoms with van der Waals surface area (Å²) in [5, 5.41) is 5.59. The van der Waals surface area contributed by atoms with Crippen molar-refractivity contribution in [1.82, 2.24) is 10.6 Å². The minimum Gasteiger partial charge on any atom is -0.468 e. The highest BCUT2D eigenvalue weighted by Gasteiger charge is 2.09. The second-order valence-electron chi connectivity index (χ2n) is 2.80. The molecule has 1 aromatic heterocycles. The first-order valence-electron chi connectivity index (χ1n) is 4.21. The Morgan fingerprint density at radius 1 is 1.64 bits per heavy atom. The van der Waals surface area contributed by atoms with Crippen LogP contribution in [0.3, 0.4) is 0 Å². The average Bonchev–Trinajstić information content (AvgIpc) is 2.65. The van der Waals surface area contributed by atoms with E-state index >= 15 is 0 Å². The SMILES string of the molecule is CNC(=O)[C@@H](C)NCc1ccco1.Cl. The highest BCUT2D eigenvalue weighted by Crippen LogP contribution is 1.99. The van der Waals surface area contributed by atoms with E-state index in [-0.39, 0.29) is 24.4 Å². The molecule has 0 fully saturated rings. The maximum Gasteiger partial charge on any atom is 0.236 e. The topological polar surface area (TPSA) is 54.3 Å². The van der Waals surface area contributed by atoms with Crippen molar-refractivity contribution in [2.24, 2.45) is 0 Å². The summed E-state index contributed by atoms with van der Waals surface area (Å²) in [4.78, 5) is 11.1. The molecular formula is C9H15ClN2O2. The first kappa shape index (κ1) is 13.0. The third-order valence-corrected chi connectivity index (χ3v) is 1.80. The molecule has 4 nitrogen and oxygen atoms in total. The van der Waals surface area contributed by atoms with Crippen LogP contribution in [0.4, 0.5) is 0 Å². The zero-order valence-corrected chi connectivity index (χ0v) is 9.06. The number of likely N-dealkylation sites (N-methyl/N-ethyl adjacent to an activating group) is 1. The number of hydrogen-bond acceptors (Lipinski definition) is 3. The second-order valence-corrected chi connectivity index (χ2v) is 2.80. The molecule has 1 atom stereocenters. The molecule has 0 unspecified atom stereocenters. The summed E-state index contributed by atoms with van der Waals surface area (Å²) >= 11 is 0. The molecule has 0 saturated heterocycles. The van der Waals surface area contributed by atoms with E-state index in [1.54, 1.807) is 13.3 Å². The van der Waals surface area contributed by atoms with E-state index in [2.05, 4.69) is 10.6 Å². The maximum atomic E-state index is 11.1. The number of carbonyl (C=O) groups is 1. The second kappa shape index (κ2) is 6.45. The maximum absolute atomic E-state index is 11.1. The summed E-state index contributed by atoms with van der Waals surface area (Å²) in [6.45, 7) is 2.38. The highest BCUT2D eigenvalue weighted by atomic mass is 35.5. The Labute approximate surface area is 89.5 Å². The Kier molecular flexibility index (Phi) is 5.99. The van der Waals surface area contributed by atoms with Crippen molar-refractivity contribution in [2.45, 2.75) is 19.5 Å². The normalized spacial score (nSPS) is 11.6. The molecule has 5 heteroatoms. The molecular weight excluding hydrogens is 204 g/mol. The quantitative estimate of drug-likeness (QED) is 0.791. The zero-order chi connectivity index (χ0) is 9.68. The van der Waals surface area contributed by atoms with Crippen LogP contribution in [0.15, 0.2) is 22.8 Å². The van der Waals surface area contributed by atoms with E-state index in [0.717, 1.165) is 5.76 Å². The number of rotatable bonds is 4. The van der Waals surface area contributed by atoms with Crippen molar-refractivity contribution in [3.8, 4) is 0 Å². The minimum absolute atomic E-state index is 0. The van der Waals surface area contributed by atoms with Crippen molar-refractivity contribution in [3.05, 3.63) is 24.2 Å². The molecule has 0 spiro atoms. The van der Waals surface area contributed by atoms with Crippen LogP contribution in [0.2, 0.25) is 0 Å². The van der Waals surface area contributed by atoms with Gasteiger partial charge >= 0.3 is 0 Å². The van der Waals surface area contributed by atoms with Gasteiger partial charge in [-0.15, -0.1) is 12.4 Å². The molecule has 0 aliphatic carbocycles. The Bertz CT molecular complexity index is 262. The number of furan rings is 1. The summed E-state index contributed by atoms with van der Waals surface area (Å²) in [5.41, 5.74) is 0. The Balaban J connectivity index is 0.00000169. The van der Waals surface area contributed by atoms with Gasteiger partial charge in [-0.1, -0.05) is 0 Å². The molecule has 0 bridgehead atoms. The lowest BCUT2D eigenvalue weighted by Crippen LogP contribution is -2.40. The minimum atomic E-state index is -0.199. The Hall–Kier alpha value is -1.00. The van der Waals surface area contributed by atoms with E-state index in [0.29, 0.717) is 6.54 Å². The van der Waals surface area contributed by atoms with Gasteiger partial charge in [0, 0.05) is 7.05 Å². The van der Waals surface area contributed by atoms with Crippen LogP contribution in [0.5, 0.6) is 0 Å². The van der Waals surface area contributed by atoms with Gasteiger partial charge in [0.1, 0.15) is 5.76 Å². The van der Waals surface area contributed by atoms with Crippen LogP contribution in [-0.4, -0.2) is 19.0 Å². The summed E-state index contributed by atoms with van der Waals surface area (Å²) < 4.78 is 5.10. The standard InChI is InChI=1S/C9H14N2O2.ClH/c1-7(9(12)10-2)11-6-8-4-3-5-13-8;/h3-5,7,11H,6H2,1-2H3,(H,10,12);1H/t7-;/m1./s1. The van der Waals surface area contributed by atoms with E-state index < -0.39 is 0 Å². The van der Waals surface area contributed by atoms with Gasteiger partial charge in [0.05, 0.1) is 18.8 Å². The van der Waals surface area contributed by atoms with Crippen LogP contribution >= 0.6 is 12.4 Å². The lowest BCUT2D eigenvalue weighted by Gasteiger charge is -2.10. The fourth-order valence-corrected chi connectivity index (χ4v) is 0.976. The number of amides is 1. The van der Waals surface area contributed by atoms with Crippen LogP contribution < -0.4 is 10.6 Å². The van der Waals surface area contributed by atoms with E-state index in [1.807, 2.05) is 19.1 Å². The Morgan fingerprint density at radius 2 is 2.36 bits per heavy atom. The first-order valence-corrected chi connectivity index (χ1v) is 4.21. The smallest absolute Gasteiger partial charge is 0.236 e. The molecule has 1 rings (SSSR count). The van der Waals surface area contributed by atoms with Gasteiger partial charge < -0.3 is 9.73 Å². The van der Waals surface area contributed by atoms with Gasteiger partial charge in [-0.05, 0) is 19.1 Å². The van der Waals surface area contributed by atoms with Crippen molar-refractivity contribution in [3.63, 3.8) is 0 Å². The monoisotopic (exact) mass is 218 g/mol. The van der Waals surface area contributed by atoms with Crippen molar-refractivity contribution < 1.29 is 9.21 Å². The lowest BCUT2D eigenvalue weighted by molar-refractivity contribution is -0.122. The lowest BCUT2D eigenvalue weighted by atomic mass is 10.3. The third kappa shape index (κ3) is 3.81. The summed E-state index contributed by atoms with van der Waals surface area (Å²) in [6, 6.07) is 3.49. The molecule has 0 aliphatic rings. The van der Waals surface area contributed by atoms with Crippen LogP contribution in [0.25, 0.3) is 0 Å². The van der Waals surface area contributed by atoms with Gasteiger partial charge in [-0.3, -0.25) is 10.1 Å². The van der Waals surface area contributed by atoms with Crippen molar-refractivity contribution in [2.75, 3.05) is 7.05 Å². The first-order chi connectivity index (χ1) is 6.24. The molecule has 1 amide bonds. The van der Waals surface area contributed by atoms with Gasteiger partial charge in [0.25, 0.3) is 0 Å². The molecule has 1 heterocycles. The fraction of sp³-hybridized carbons (Fsp3) is 0.444. The molecule has 0 aliphatic heterocycles. The zero-order valence-electron chi connectivity index (χ0n) is 8.24. The largest absolute Gasteiger partial charge is 0.468 e. The molecule has 80 valence electrons. The summed E-state index contributed by atoms with van der Waals surface area (Å²) in [6.07, 6.45) is 1.61. The van der Waals surface area contributed by atoms with Gasteiger partial charge in [0.2, 0.25) is 5.91 Å². The highest BCUT2D eigenvalue weighted by molar-refractivity contribution is 5.85. The van der Waals surface area contributed by atoms with E-state index in [9.17, 15) is 4.79 Å². The molecule has 2 N–H and O–H groups in total. The predicted octanol–water partition coefficient (Wildman–Crippen LogP) is 0.925. The number of halogens is 1. The predicted molar refractivity (Wildman–Crippen MR) is 56.3 cm³/mol. The molecule has 1 aromatic rings. The summed E-state index contributed by atoms with van der Waals surface area (Å²) in [5.74, 6) is 0.808. The fourth-order valence-electron chi connectivity index (χ4n) is 0.976. The average molecular weight is 219 g/mol. The van der Waals surface area contributed by atoms with Gasteiger partial charge in [-0.25, -0.2) is 0 Å². The van der Waals surface area contributed by atoms with Crippen LogP contribution in [0, 0.1) is 0 Å². The Morgan fingerprint density at radius 3 is 2.86 bits per heavy atom. The third-order valence-electron chi connectivity index (χ3n) is 1.80. The molecule has 0 radical (unpaired) electrons. The number of nitrogens with one attached hydrogen (secondary N) is 2. The van der Waals surface area contributed by atoms with Crippen molar-refractivity contribution >= 4 is 18.3 Å². The summed E-state index contributed by atoms with van der Waals surface area (Å²) in [7, 11) is 1.62. The number of carbonyl (C=O) groups excluding carboxylic acids is 1. The van der Waals surface area contributed by atoms with E-state index in [4.69, 9.17) is 4.42 Å². The van der Waals surface area contributed by atoms with Gasteiger partial charge in [0.15, 0.2) is 0 Å².